The van der Waals surface area contributed by atoms with Gasteiger partial charge in [0, 0.05) is 24.5 Å². The number of rotatable bonds is 5. The average Bonchev–Trinajstić information content (AvgIpc) is 3.25. The highest BCUT2D eigenvalue weighted by molar-refractivity contribution is 8.02. The Hall–Kier alpha value is -2.84. The van der Waals surface area contributed by atoms with Crippen LogP contribution in [0.1, 0.15) is 24.9 Å². The monoisotopic (exact) mass is 371 g/mol. The van der Waals surface area contributed by atoms with E-state index in [1.165, 1.54) is 6.07 Å². The zero-order valence-corrected chi connectivity index (χ0v) is 14.7. The molecule has 2 aromatic rings. The van der Waals surface area contributed by atoms with Gasteiger partial charge in [0.05, 0.1) is 29.6 Å². The SMILES string of the molecule is CC(CN1C=CS[C@@H]1CC#N)n1ccc(-c2cc(F)c(C#N)c(F)c2)n1. The van der Waals surface area contributed by atoms with Crippen LogP contribution in [-0.4, -0.2) is 26.6 Å². The lowest BCUT2D eigenvalue weighted by Crippen LogP contribution is -2.30. The highest BCUT2D eigenvalue weighted by Crippen LogP contribution is 2.29. The molecule has 3 rings (SSSR count). The van der Waals surface area contributed by atoms with E-state index in [1.54, 1.807) is 28.7 Å². The normalized spacial score (nSPS) is 17.1. The number of aromatic nitrogens is 2. The molecular weight excluding hydrogens is 356 g/mol. The molecule has 0 saturated carbocycles. The van der Waals surface area contributed by atoms with E-state index in [2.05, 4.69) is 16.1 Å². The molecule has 8 heteroatoms. The summed E-state index contributed by atoms with van der Waals surface area (Å²) in [4.78, 5) is 2.08. The molecule has 5 nitrogen and oxygen atoms in total. The second-order valence-electron chi connectivity index (χ2n) is 5.89. The predicted octanol–water partition coefficient (Wildman–Crippen LogP) is 4.02. The lowest BCUT2D eigenvalue weighted by molar-refractivity contribution is 0.297. The summed E-state index contributed by atoms with van der Waals surface area (Å²) in [6, 6.07) is 7.59. The quantitative estimate of drug-likeness (QED) is 0.794. The van der Waals surface area contributed by atoms with Gasteiger partial charge in [-0.3, -0.25) is 4.68 Å². The third-order valence-electron chi connectivity index (χ3n) is 4.11. The number of hydrogen-bond donors (Lipinski definition) is 0. The lowest BCUT2D eigenvalue weighted by Gasteiger charge is -2.26. The van der Waals surface area contributed by atoms with E-state index in [-0.39, 0.29) is 17.0 Å². The summed E-state index contributed by atoms with van der Waals surface area (Å²) in [7, 11) is 0. The molecule has 0 spiro atoms. The van der Waals surface area contributed by atoms with Gasteiger partial charge in [0.25, 0.3) is 0 Å². The molecule has 0 radical (unpaired) electrons. The highest BCUT2D eigenvalue weighted by atomic mass is 32.2. The smallest absolute Gasteiger partial charge is 0.144 e. The zero-order chi connectivity index (χ0) is 18.7. The molecule has 1 aromatic heterocycles. The summed E-state index contributed by atoms with van der Waals surface area (Å²) in [6.07, 6.45) is 4.14. The highest BCUT2D eigenvalue weighted by Gasteiger charge is 2.22. The number of nitriles is 2. The molecule has 0 bridgehead atoms. The summed E-state index contributed by atoms with van der Waals surface area (Å²) in [5, 5.41) is 24.1. The van der Waals surface area contributed by atoms with Crippen LogP contribution in [0.2, 0.25) is 0 Å². The molecule has 1 aromatic carbocycles. The van der Waals surface area contributed by atoms with E-state index in [0.29, 0.717) is 18.7 Å². The van der Waals surface area contributed by atoms with Gasteiger partial charge in [-0.2, -0.15) is 15.6 Å². The van der Waals surface area contributed by atoms with Crippen molar-refractivity contribution in [3.05, 3.63) is 53.2 Å². The maximum Gasteiger partial charge on any atom is 0.144 e. The molecule has 132 valence electrons. The Bertz CT molecular complexity index is 901. The summed E-state index contributed by atoms with van der Waals surface area (Å²) >= 11 is 1.60. The number of hydrogen-bond acceptors (Lipinski definition) is 5. The first-order valence-corrected chi connectivity index (χ1v) is 8.87. The second-order valence-corrected chi connectivity index (χ2v) is 6.98. The van der Waals surface area contributed by atoms with Crippen LogP contribution in [0.5, 0.6) is 0 Å². The Balaban J connectivity index is 1.77. The molecule has 0 aliphatic carbocycles. The lowest BCUT2D eigenvalue weighted by atomic mass is 10.1. The molecule has 1 aliphatic rings. The molecule has 1 unspecified atom stereocenters. The van der Waals surface area contributed by atoms with Gasteiger partial charge >= 0.3 is 0 Å². The van der Waals surface area contributed by atoms with Gasteiger partial charge in [-0.25, -0.2) is 8.78 Å². The van der Waals surface area contributed by atoms with E-state index in [1.807, 2.05) is 18.5 Å². The Kier molecular flexibility index (Phi) is 5.24. The van der Waals surface area contributed by atoms with E-state index < -0.39 is 17.2 Å². The number of nitrogens with zero attached hydrogens (tertiary/aromatic N) is 5. The van der Waals surface area contributed by atoms with Gasteiger partial charge < -0.3 is 4.90 Å². The van der Waals surface area contributed by atoms with Gasteiger partial charge in [-0.15, -0.1) is 11.8 Å². The van der Waals surface area contributed by atoms with Gasteiger partial charge in [0.15, 0.2) is 0 Å². The largest absolute Gasteiger partial charge is 0.362 e. The Labute approximate surface area is 154 Å². The van der Waals surface area contributed by atoms with Crippen LogP contribution in [0, 0.1) is 34.3 Å². The van der Waals surface area contributed by atoms with E-state index in [9.17, 15) is 8.78 Å². The maximum absolute atomic E-state index is 13.8. The van der Waals surface area contributed by atoms with Crippen molar-refractivity contribution in [2.45, 2.75) is 24.8 Å². The molecule has 26 heavy (non-hydrogen) atoms. The topological polar surface area (TPSA) is 68.6 Å². The van der Waals surface area contributed by atoms with E-state index in [4.69, 9.17) is 10.5 Å². The van der Waals surface area contributed by atoms with Gasteiger partial charge in [-0.05, 0) is 30.5 Å². The van der Waals surface area contributed by atoms with Crippen LogP contribution in [0.3, 0.4) is 0 Å². The van der Waals surface area contributed by atoms with Crippen molar-refractivity contribution in [1.82, 2.24) is 14.7 Å². The van der Waals surface area contributed by atoms with Crippen molar-refractivity contribution < 1.29 is 8.78 Å². The van der Waals surface area contributed by atoms with Crippen LogP contribution in [0.15, 0.2) is 36.0 Å². The first kappa shape index (κ1) is 18.0. The second kappa shape index (κ2) is 7.59. The van der Waals surface area contributed by atoms with Gasteiger partial charge in [0.1, 0.15) is 23.3 Å². The molecule has 0 N–H and O–H groups in total. The summed E-state index contributed by atoms with van der Waals surface area (Å²) in [6.45, 7) is 2.64. The van der Waals surface area contributed by atoms with Crippen LogP contribution in [0.25, 0.3) is 11.3 Å². The first-order chi connectivity index (χ1) is 12.5. The molecule has 2 atom stereocenters. The molecule has 2 heterocycles. The van der Waals surface area contributed by atoms with Crippen molar-refractivity contribution in [1.29, 1.82) is 10.5 Å². The number of halogens is 2. The molecular formula is C18H15F2N5S. The maximum atomic E-state index is 13.8. The fraction of sp³-hybridized carbons (Fsp3) is 0.278. The summed E-state index contributed by atoms with van der Waals surface area (Å²) in [5.41, 5.74) is 0.117. The molecule has 0 saturated heterocycles. The first-order valence-electron chi connectivity index (χ1n) is 7.93. The molecule has 0 fully saturated rings. The summed E-state index contributed by atoms with van der Waals surface area (Å²) in [5.74, 6) is -1.80. The van der Waals surface area contributed by atoms with E-state index in [0.717, 1.165) is 12.1 Å². The average molecular weight is 371 g/mol. The number of benzene rings is 1. The number of thioether (sulfide) groups is 1. The van der Waals surface area contributed by atoms with Crippen LogP contribution in [-0.2, 0) is 0 Å². The fourth-order valence-electron chi connectivity index (χ4n) is 2.75. The Morgan fingerprint density at radius 1 is 1.31 bits per heavy atom. The van der Waals surface area contributed by atoms with Crippen molar-refractivity contribution in [2.75, 3.05) is 6.54 Å². The summed E-state index contributed by atoms with van der Waals surface area (Å²) < 4.78 is 29.3. The van der Waals surface area contributed by atoms with Crippen molar-refractivity contribution in [3.8, 4) is 23.4 Å². The Morgan fingerprint density at radius 3 is 2.69 bits per heavy atom. The van der Waals surface area contributed by atoms with Crippen LogP contribution >= 0.6 is 11.8 Å². The van der Waals surface area contributed by atoms with Crippen molar-refractivity contribution in [3.63, 3.8) is 0 Å². The van der Waals surface area contributed by atoms with E-state index >= 15 is 0 Å². The standard InChI is InChI=1S/C18H15F2N5S/c1-12(11-24-6-7-26-18(24)2-4-21)25-5-3-17(23-25)13-8-15(19)14(10-22)16(20)9-13/h3,5-9,12,18H,2,11H2,1H3/t12?,18-/m1/s1. The third kappa shape index (κ3) is 3.56. The minimum Gasteiger partial charge on any atom is -0.362 e. The molecule has 0 amide bonds. The fourth-order valence-corrected chi connectivity index (χ4v) is 3.65. The minimum absolute atomic E-state index is 0.00127. The predicted molar refractivity (Wildman–Crippen MR) is 94.5 cm³/mol. The van der Waals surface area contributed by atoms with Crippen molar-refractivity contribution >= 4 is 11.8 Å². The Morgan fingerprint density at radius 2 is 2.04 bits per heavy atom. The van der Waals surface area contributed by atoms with Gasteiger partial charge in [0.2, 0.25) is 0 Å². The van der Waals surface area contributed by atoms with Gasteiger partial charge in [-0.1, -0.05) is 0 Å². The minimum atomic E-state index is -0.899. The van der Waals surface area contributed by atoms with Crippen molar-refractivity contribution in [2.24, 2.45) is 0 Å². The molecule has 1 aliphatic heterocycles. The zero-order valence-electron chi connectivity index (χ0n) is 13.9. The third-order valence-corrected chi connectivity index (χ3v) is 5.14. The van der Waals surface area contributed by atoms with Crippen LogP contribution in [0.4, 0.5) is 8.78 Å². The van der Waals surface area contributed by atoms with Crippen LogP contribution < -0.4 is 0 Å².